The Kier molecular flexibility index (Phi) is 9.52. The number of amides is 2. The molecule has 1 atom stereocenters. The largest absolute Gasteiger partial charge is 0.524 e. The number of hydrogen-bond donors (Lipinski definition) is 4. The molecule has 0 aliphatic heterocycles. The highest BCUT2D eigenvalue weighted by Crippen LogP contribution is 2.37. The average molecular weight is 532 g/mol. The minimum absolute atomic E-state index is 0.0542. The van der Waals surface area contributed by atoms with Crippen molar-refractivity contribution < 1.29 is 37.2 Å². The summed E-state index contributed by atoms with van der Waals surface area (Å²) >= 11 is 0. The van der Waals surface area contributed by atoms with Crippen LogP contribution in [0.1, 0.15) is 29.2 Å². The molecule has 0 spiro atoms. The van der Waals surface area contributed by atoms with E-state index < -0.39 is 31.5 Å². The highest BCUT2D eigenvalue weighted by atomic mass is 31.2. The van der Waals surface area contributed by atoms with E-state index in [1.54, 1.807) is 12.1 Å². The quantitative estimate of drug-likeness (QED) is 0.280. The first kappa shape index (κ1) is 28.0. The van der Waals surface area contributed by atoms with E-state index in [9.17, 15) is 22.9 Å². The smallest absolute Gasteiger partial charge is 0.404 e. The summed E-state index contributed by atoms with van der Waals surface area (Å²) in [4.78, 5) is 43.6. The number of phosphoric acid groups is 1. The van der Waals surface area contributed by atoms with Gasteiger partial charge in [0.1, 0.15) is 23.4 Å². The molecule has 0 heterocycles. The fourth-order valence-corrected chi connectivity index (χ4v) is 4.02. The number of nitrogens with one attached hydrogen (secondary N) is 2. The third-order valence-electron chi connectivity index (χ3n) is 5.47. The van der Waals surface area contributed by atoms with E-state index >= 15 is 0 Å². The molecule has 3 rings (SSSR count). The van der Waals surface area contributed by atoms with E-state index in [0.717, 1.165) is 0 Å². The van der Waals surface area contributed by atoms with Crippen molar-refractivity contribution in [3.05, 3.63) is 101 Å². The molecule has 0 fully saturated rings. The first-order valence-electron chi connectivity index (χ1n) is 11.5. The van der Waals surface area contributed by atoms with Gasteiger partial charge in [0.25, 0.3) is 0 Å². The lowest BCUT2D eigenvalue weighted by Gasteiger charge is -2.19. The third kappa shape index (κ3) is 9.09. The summed E-state index contributed by atoms with van der Waals surface area (Å²) in [5, 5.41) is 5.44. The van der Waals surface area contributed by atoms with Gasteiger partial charge in [0.2, 0.25) is 11.8 Å². The lowest BCUT2D eigenvalue weighted by Crippen LogP contribution is -2.48. The fraction of sp³-hybridized carbons (Fsp3) is 0.231. The van der Waals surface area contributed by atoms with Gasteiger partial charge in [-0.15, -0.1) is 0 Å². The van der Waals surface area contributed by atoms with Gasteiger partial charge < -0.3 is 15.2 Å². The van der Waals surface area contributed by atoms with E-state index in [4.69, 9.17) is 9.79 Å². The molecule has 3 aromatic carbocycles. The number of carbonyl (C=O) groups is 2. The molecule has 0 saturated heterocycles. The molecule has 0 bridgehead atoms. The summed E-state index contributed by atoms with van der Waals surface area (Å²) in [6.07, 6.45) is 0.495. The van der Waals surface area contributed by atoms with Crippen LogP contribution in [0.5, 0.6) is 5.75 Å². The Morgan fingerprint density at radius 2 is 1.57 bits per heavy atom. The SMILES string of the molecule is CCc1cc(CNC(=O)[C@H](Cc2ccc(OP(=O)(O)O)cc2)NC(=O)Cc2ccc(F)cc2)ccc1F. The molecule has 196 valence electrons. The van der Waals surface area contributed by atoms with Crippen molar-refractivity contribution in [2.45, 2.75) is 38.8 Å². The Hall–Kier alpha value is -3.59. The zero-order valence-corrected chi connectivity index (χ0v) is 20.9. The van der Waals surface area contributed by atoms with Crippen molar-refractivity contribution in [2.75, 3.05) is 0 Å². The number of rotatable bonds is 11. The van der Waals surface area contributed by atoms with Crippen LogP contribution < -0.4 is 15.2 Å². The maximum absolute atomic E-state index is 13.8. The fourth-order valence-electron chi connectivity index (χ4n) is 3.62. The molecule has 0 aromatic heterocycles. The topological polar surface area (TPSA) is 125 Å². The van der Waals surface area contributed by atoms with E-state index in [1.807, 2.05) is 6.92 Å². The lowest BCUT2D eigenvalue weighted by molar-refractivity contribution is -0.128. The molecule has 0 aliphatic rings. The Morgan fingerprint density at radius 3 is 2.19 bits per heavy atom. The van der Waals surface area contributed by atoms with Gasteiger partial charge in [-0.2, -0.15) is 0 Å². The highest BCUT2D eigenvalue weighted by molar-refractivity contribution is 7.46. The summed E-state index contributed by atoms with van der Waals surface area (Å²) in [7, 11) is -4.72. The molecule has 0 radical (unpaired) electrons. The van der Waals surface area contributed by atoms with Gasteiger partial charge in [-0.1, -0.05) is 43.3 Å². The maximum atomic E-state index is 13.8. The molecule has 8 nitrogen and oxygen atoms in total. The van der Waals surface area contributed by atoms with Gasteiger partial charge in [0.05, 0.1) is 6.42 Å². The molecule has 0 saturated carbocycles. The van der Waals surface area contributed by atoms with Gasteiger partial charge in [-0.3, -0.25) is 19.4 Å². The molecule has 0 aliphatic carbocycles. The van der Waals surface area contributed by atoms with Gasteiger partial charge in [-0.25, -0.2) is 13.3 Å². The molecular weight excluding hydrogens is 505 g/mol. The highest BCUT2D eigenvalue weighted by Gasteiger charge is 2.22. The molecule has 3 aromatic rings. The van der Waals surface area contributed by atoms with Crippen LogP contribution in [0.4, 0.5) is 8.78 Å². The van der Waals surface area contributed by atoms with Crippen LogP contribution in [0, 0.1) is 11.6 Å². The number of benzene rings is 3. The molecular formula is C26H27F2N2O6P. The van der Waals surface area contributed by atoms with Gasteiger partial charge in [0.15, 0.2) is 0 Å². The summed E-state index contributed by atoms with van der Waals surface area (Å²) in [6.45, 7) is 1.94. The number of halogens is 2. The Labute approximate surface area is 212 Å². The number of phosphoric ester groups is 1. The first-order chi connectivity index (χ1) is 17.5. The minimum Gasteiger partial charge on any atom is -0.404 e. The molecule has 11 heteroatoms. The average Bonchev–Trinajstić information content (AvgIpc) is 2.84. The van der Waals surface area contributed by atoms with Crippen molar-refractivity contribution in [3.8, 4) is 5.75 Å². The maximum Gasteiger partial charge on any atom is 0.524 e. The number of hydrogen-bond acceptors (Lipinski definition) is 4. The van der Waals surface area contributed by atoms with E-state index in [-0.39, 0.29) is 31.0 Å². The molecule has 2 amide bonds. The second-order valence-corrected chi connectivity index (χ2v) is 9.51. The lowest BCUT2D eigenvalue weighted by atomic mass is 10.0. The van der Waals surface area contributed by atoms with Crippen molar-refractivity contribution in [1.82, 2.24) is 10.6 Å². The third-order valence-corrected chi connectivity index (χ3v) is 5.92. The molecule has 0 unspecified atom stereocenters. The summed E-state index contributed by atoms with van der Waals surface area (Å²) in [5.74, 6) is -1.75. The standard InChI is InChI=1S/C26H27F2N2O6P/c1-2-20-13-19(7-12-23(20)28)16-29-26(32)24(30-25(31)15-18-3-8-21(27)9-4-18)14-17-5-10-22(11-6-17)36-37(33,34)35/h3-13,24H,2,14-16H2,1H3,(H,29,32)(H,30,31)(H2,33,34,35)/t24-/m0/s1. The summed E-state index contributed by atoms with van der Waals surface area (Å²) in [6, 6.07) is 14.7. The summed E-state index contributed by atoms with van der Waals surface area (Å²) < 4.78 is 42.5. The predicted octanol–water partition coefficient (Wildman–Crippen LogP) is 3.59. The minimum atomic E-state index is -4.72. The van der Waals surface area contributed by atoms with Crippen molar-refractivity contribution >= 4 is 19.6 Å². The number of aryl methyl sites for hydroxylation is 1. The van der Waals surface area contributed by atoms with Crippen molar-refractivity contribution in [2.24, 2.45) is 0 Å². The molecule has 4 N–H and O–H groups in total. The zero-order valence-electron chi connectivity index (χ0n) is 20.0. The summed E-state index contributed by atoms with van der Waals surface area (Å²) in [5.41, 5.74) is 2.38. The molecule has 37 heavy (non-hydrogen) atoms. The van der Waals surface area contributed by atoms with Gasteiger partial charge in [-0.05, 0) is 59.0 Å². The Bertz CT molecular complexity index is 1280. The van der Waals surface area contributed by atoms with Crippen LogP contribution in [0.2, 0.25) is 0 Å². The van der Waals surface area contributed by atoms with Gasteiger partial charge in [0, 0.05) is 13.0 Å². The second kappa shape index (κ2) is 12.6. The zero-order chi connectivity index (χ0) is 27.0. The monoisotopic (exact) mass is 532 g/mol. The second-order valence-electron chi connectivity index (χ2n) is 8.35. The van der Waals surface area contributed by atoms with E-state index in [1.165, 1.54) is 54.6 Å². The number of carbonyl (C=O) groups excluding carboxylic acids is 2. The van der Waals surface area contributed by atoms with Crippen LogP contribution in [0.15, 0.2) is 66.7 Å². The van der Waals surface area contributed by atoms with E-state index in [2.05, 4.69) is 15.2 Å². The van der Waals surface area contributed by atoms with Gasteiger partial charge >= 0.3 is 7.82 Å². The van der Waals surface area contributed by atoms with Crippen molar-refractivity contribution in [1.29, 1.82) is 0 Å². The predicted molar refractivity (Wildman–Crippen MR) is 132 cm³/mol. The normalized spacial score (nSPS) is 12.0. The van der Waals surface area contributed by atoms with Crippen molar-refractivity contribution in [3.63, 3.8) is 0 Å². The Morgan fingerprint density at radius 1 is 0.946 bits per heavy atom. The van der Waals surface area contributed by atoms with Crippen LogP contribution in [0.3, 0.4) is 0 Å². The van der Waals surface area contributed by atoms with Crippen LogP contribution in [-0.4, -0.2) is 27.6 Å². The van der Waals surface area contributed by atoms with Crippen LogP contribution in [0.25, 0.3) is 0 Å². The van der Waals surface area contributed by atoms with Crippen LogP contribution in [-0.2, 0) is 40.0 Å². The van der Waals surface area contributed by atoms with E-state index in [0.29, 0.717) is 28.7 Å². The first-order valence-corrected chi connectivity index (χ1v) is 13.0. The van der Waals surface area contributed by atoms with Crippen LogP contribution >= 0.6 is 7.82 Å². The Balaban J connectivity index is 1.72.